The minimum absolute atomic E-state index is 0.190. The summed E-state index contributed by atoms with van der Waals surface area (Å²) >= 11 is 3.40. The second-order valence-corrected chi connectivity index (χ2v) is 6.70. The van der Waals surface area contributed by atoms with Gasteiger partial charge in [-0.05, 0) is 36.5 Å². The third kappa shape index (κ3) is 4.21. The molecule has 0 heterocycles. The van der Waals surface area contributed by atoms with Gasteiger partial charge < -0.3 is 10.4 Å². The number of carboxylic acids is 1. The van der Waals surface area contributed by atoms with Crippen molar-refractivity contribution in [3.8, 4) is 6.07 Å². The summed E-state index contributed by atoms with van der Waals surface area (Å²) in [6.07, 6.45) is 5.40. The summed E-state index contributed by atoms with van der Waals surface area (Å²) in [5.74, 6) is -0.742. The van der Waals surface area contributed by atoms with Crippen LogP contribution in [0.25, 0.3) is 0 Å². The Morgan fingerprint density at radius 2 is 2.10 bits per heavy atom. The first-order valence-corrected chi connectivity index (χ1v) is 7.99. The molecule has 1 aliphatic rings. The van der Waals surface area contributed by atoms with E-state index in [1.54, 1.807) is 6.07 Å². The van der Waals surface area contributed by atoms with Gasteiger partial charge in [0.1, 0.15) is 6.07 Å². The SMILES string of the molecule is N#Cc1ccc(Br)cc1NCC1(CC(=O)O)CCCCC1. The average molecular weight is 351 g/mol. The highest BCUT2D eigenvalue weighted by atomic mass is 79.9. The molecule has 1 aliphatic carbocycles. The van der Waals surface area contributed by atoms with E-state index in [1.165, 1.54) is 6.42 Å². The third-order valence-electron chi connectivity index (χ3n) is 4.20. The number of carboxylic acid groups (broad SMARTS) is 1. The Hall–Kier alpha value is -1.54. The van der Waals surface area contributed by atoms with E-state index in [2.05, 4.69) is 27.3 Å². The number of nitriles is 1. The number of nitrogens with one attached hydrogen (secondary N) is 1. The maximum absolute atomic E-state index is 11.2. The second-order valence-electron chi connectivity index (χ2n) is 5.79. The summed E-state index contributed by atoms with van der Waals surface area (Å²) in [6, 6.07) is 7.63. The molecule has 0 saturated heterocycles. The molecule has 1 aromatic rings. The lowest BCUT2D eigenvalue weighted by atomic mass is 9.71. The Morgan fingerprint density at radius 1 is 1.38 bits per heavy atom. The molecule has 1 aromatic carbocycles. The lowest BCUT2D eigenvalue weighted by molar-refractivity contribution is -0.140. The molecule has 2 rings (SSSR count). The van der Waals surface area contributed by atoms with Crippen molar-refractivity contribution >= 4 is 27.6 Å². The standard InChI is InChI=1S/C16H19BrN2O2/c17-13-5-4-12(10-18)14(8-13)19-11-16(9-15(20)21)6-2-1-3-7-16/h4-5,8,19H,1-3,6-7,9,11H2,(H,20,21). The largest absolute Gasteiger partial charge is 0.481 e. The molecule has 0 amide bonds. The number of nitrogens with zero attached hydrogens (tertiary/aromatic N) is 1. The Morgan fingerprint density at radius 3 is 2.71 bits per heavy atom. The molecule has 0 aliphatic heterocycles. The summed E-state index contributed by atoms with van der Waals surface area (Å²) < 4.78 is 0.903. The van der Waals surface area contributed by atoms with Crippen LogP contribution in [0.15, 0.2) is 22.7 Å². The highest BCUT2D eigenvalue weighted by Crippen LogP contribution is 2.39. The van der Waals surface area contributed by atoms with Crippen LogP contribution in [0.5, 0.6) is 0 Å². The van der Waals surface area contributed by atoms with Crippen molar-refractivity contribution in [2.45, 2.75) is 38.5 Å². The zero-order valence-electron chi connectivity index (χ0n) is 11.9. The minimum atomic E-state index is -0.742. The summed E-state index contributed by atoms with van der Waals surface area (Å²) in [5.41, 5.74) is 1.15. The lowest BCUT2D eigenvalue weighted by Gasteiger charge is -2.36. The molecule has 1 fully saturated rings. The summed E-state index contributed by atoms with van der Waals surface area (Å²) in [6.45, 7) is 0.602. The number of benzene rings is 1. The fourth-order valence-electron chi connectivity index (χ4n) is 3.08. The smallest absolute Gasteiger partial charge is 0.303 e. The molecule has 21 heavy (non-hydrogen) atoms. The Balaban J connectivity index is 2.13. The first-order valence-electron chi connectivity index (χ1n) is 7.20. The van der Waals surface area contributed by atoms with Crippen LogP contribution < -0.4 is 5.32 Å². The van der Waals surface area contributed by atoms with E-state index >= 15 is 0 Å². The van der Waals surface area contributed by atoms with Crippen molar-refractivity contribution in [3.63, 3.8) is 0 Å². The molecule has 0 spiro atoms. The number of aliphatic carboxylic acids is 1. The lowest BCUT2D eigenvalue weighted by Crippen LogP contribution is -2.34. The molecule has 1 saturated carbocycles. The van der Waals surface area contributed by atoms with E-state index in [0.717, 1.165) is 35.8 Å². The van der Waals surface area contributed by atoms with Gasteiger partial charge >= 0.3 is 5.97 Å². The molecule has 5 heteroatoms. The molecule has 0 atom stereocenters. The van der Waals surface area contributed by atoms with Gasteiger partial charge in [0, 0.05) is 11.0 Å². The molecule has 2 N–H and O–H groups in total. The first kappa shape index (κ1) is 15.8. The van der Waals surface area contributed by atoms with Crippen LogP contribution in [0.1, 0.15) is 44.1 Å². The van der Waals surface area contributed by atoms with Crippen molar-refractivity contribution in [3.05, 3.63) is 28.2 Å². The average Bonchev–Trinajstić information content (AvgIpc) is 2.46. The van der Waals surface area contributed by atoms with Crippen LogP contribution in [0, 0.1) is 16.7 Å². The van der Waals surface area contributed by atoms with Gasteiger partial charge in [-0.3, -0.25) is 4.79 Å². The van der Waals surface area contributed by atoms with Crippen LogP contribution in [-0.2, 0) is 4.79 Å². The predicted molar refractivity (Wildman–Crippen MR) is 85.1 cm³/mol. The summed E-state index contributed by atoms with van der Waals surface area (Å²) in [4.78, 5) is 11.2. The molecular weight excluding hydrogens is 332 g/mol. The fourth-order valence-corrected chi connectivity index (χ4v) is 3.44. The van der Waals surface area contributed by atoms with Crippen LogP contribution in [0.4, 0.5) is 5.69 Å². The van der Waals surface area contributed by atoms with E-state index in [0.29, 0.717) is 12.1 Å². The van der Waals surface area contributed by atoms with Gasteiger partial charge in [0.15, 0.2) is 0 Å². The van der Waals surface area contributed by atoms with E-state index in [-0.39, 0.29) is 11.8 Å². The number of carbonyl (C=O) groups is 1. The van der Waals surface area contributed by atoms with Crippen LogP contribution in [0.2, 0.25) is 0 Å². The molecular formula is C16H19BrN2O2. The second kappa shape index (κ2) is 6.95. The van der Waals surface area contributed by atoms with E-state index in [9.17, 15) is 9.90 Å². The molecule has 0 bridgehead atoms. The number of hydrogen-bond acceptors (Lipinski definition) is 3. The number of hydrogen-bond donors (Lipinski definition) is 2. The van der Waals surface area contributed by atoms with Crippen molar-refractivity contribution in [1.29, 1.82) is 5.26 Å². The van der Waals surface area contributed by atoms with Crippen molar-refractivity contribution in [2.24, 2.45) is 5.41 Å². The van der Waals surface area contributed by atoms with Gasteiger partial charge in [0.2, 0.25) is 0 Å². The monoisotopic (exact) mass is 350 g/mol. The van der Waals surface area contributed by atoms with Crippen molar-refractivity contribution in [1.82, 2.24) is 0 Å². The third-order valence-corrected chi connectivity index (χ3v) is 4.69. The molecule has 4 nitrogen and oxygen atoms in total. The first-order chi connectivity index (χ1) is 10.0. The zero-order chi connectivity index (χ0) is 15.3. The van der Waals surface area contributed by atoms with Gasteiger partial charge in [0.25, 0.3) is 0 Å². The molecule has 112 valence electrons. The Bertz CT molecular complexity index is 560. The van der Waals surface area contributed by atoms with Gasteiger partial charge in [-0.2, -0.15) is 5.26 Å². The van der Waals surface area contributed by atoms with E-state index < -0.39 is 5.97 Å². The molecule has 0 unspecified atom stereocenters. The minimum Gasteiger partial charge on any atom is -0.481 e. The highest BCUT2D eigenvalue weighted by Gasteiger charge is 2.34. The van der Waals surface area contributed by atoms with Gasteiger partial charge in [-0.15, -0.1) is 0 Å². The summed E-state index contributed by atoms with van der Waals surface area (Å²) in [5, 5.41) is 21.6. The quantitative estimate of drug-likeness (QED) is 0.836. The predicted octanol–water partition coefficient (Wildman–Crippen LogP) is 4.16. The van der Waals surface area contributed by atoms with Crippen molar-refractivity contribution < 1.29 is 9.90 Å². The van der Waals surface area contributed by atoms with Gasteiger partial charge in [-0.25, -0.2) is 0 Å². The van der Waals surface area contributed by atoms with Crippen LogP contribution >= 0.6 is 15.9 Å². The number of rotatable bonds is 5. The van der Waals surface area contributed by atoms with Crippen molar-refractivity contribution in [2.75, 3.05) is 11.9 Å². The van der Waals surface area contributed by atoms with Gasteiger partial charge in [-0.1, -0.05) is 35.2 Å². The Kier molecular flexibility index (Phi) is 5.24. The number of halogens is 1. The maximum atomic E-state index is 11.2. The summed E-state index contributed by atoms with van der Waals surface area (Å²) in [7, 11) is 0. The maximum Gasteiger partial charge on any atom is 0.303 e. The highest BCUT2D eigenvalue weighted by molar-refractivity contribution is 9.10. The van der Waals surface area contributed by atoms with E-state index in [4.69, 9.17) is 5.26 Å². The van der Waals surface area contributed by atoms with Crippen LogP contribution in [-0.4, -0.2) is 17.6 Å². The van der Waals surface area contributed by atoms with Gasteiger partial charge in [0.05, 0.1) is 17.7 Å². The fraction of sp³-hybridized carbons (Fsp3) is 0.500. The zero-order valence-corrected chi connectivity index (χ0v) is 13.4. The Labute approximate surface area is 133 Å². The normalized spacial score (nSPS) is 17.0. The number of anilines is 1. The van der Waals surface area contributed by atoms with Crippen LogP contribution in [0.3, 0.4) is 0 Å². The van der Waals surface area contributed by atoms with E-state index in [1.807, 2.05) is 12.1 Å². The molecule has 0 radical (unpaired) electrons. The topological polar surface area (TPSA) is 73.1 Å². The molecule has 0 aromatic heterocycles.